The van der Waals surface area contributed by atoms with E-state index in [0.717, 1.165) is 21.9 Å². The van der Waals surface area contributed by atoms with Crippen LogP contribution in [0.15, 0.2) is 71.8 Å². The number of benzene rings is 2. The van der Waals surface area contributed by atoms with E-state index in [1.807, 2.05) is 54.9 Å². The fraction of sp³-hybridized carbons (Fsp3) is 0.241. The van der Waals surface area contributed by atoms with Crippen LogP contribution in [0.5, 0.6) is 11.5 Å². The van der Waals surface area contributed by atoms with E-state index in [1.165, 1.54) is 16.5 Å². The third-order valence-electron chi connectivity index (χ3n) is 6.89. The highest BCUT2D eigenvalue weighted by molar-refractivity contribution is 6.09. The van der Waals surface area contributed by atoms with E-state index in [9.17, 15) is 14.0 Å². The van der Waals surface area contributed by atoms with E-state index in [1.54, 1.807) is 30.6 Å². The number of ether oxygens (including phenoxy) is 2. The van der Waals surface area contributed by atoms with Crippen LogP contribution in [0.1, 0.15) is 25.1 Å². The Morgan fingerprint density at radius 3 is 2.67 bits per heavy atom. The van der Waals surface area contributed by atoms with Crippen molar-refractivity contribution < 1.29 is 18.7 Å². The lowest BCUT2D eigenvalue weighted by atomic mass is 10.1. The average molecular weight is 528 g/mol. The highest BCUT2D eigenvalue weighted by Gasteiger charge is 2.37. The number of carbonyl (C=O) groups excluding carboxylic acids is 1. The van der Waals surface area contributed by atoms with Gasteiger partial charge in [0.2, 0.25) is 5.91 Å². The number of aryl methyl sites for hydroxylation is 1. The second-order valence-corrected chi connectivity index (χ2v) is 9.56. The third-order valence-corrected chi connectivity index (χ3v) is 6.89. The number of alkyl halides is 1. The molecule has 1 aliphatic heterocycles. The SMILES string of the molecule is CCN(C(=O)Cn1nc(Cc2cccnc2)c2c3ccccc3n(C)c2c1=O)c1ccc2c(c1)OC(C)(F)O2. The Labute approximate surface area is 223 Å². The van der Waals surface area contributed by atoms with E-state index in [2.05, 4.69) is 4.98 Å². The summed E-state index contributed by atoms with van der Waals surface area (Å²) < 4.78 is 27.6. The molecule has 2 aromatic carbocycles. The first-order valence-electron chi connectivity index (χ1n) is 12.6. The first-order chi connectivity index (χ1) is 18.8. The number of para-hydroxylation sites is 1. The van der Waals surface area contributed by atoms with Gasteiger partial charge in [0.05, 0.1) is 5.69 Å². The maximum atomic E-state index is 14.2. The molecule has 6 rings (SSSR count). The van der Waals surface area contributed by atoms with Crippen LogP contribution in [-0.2, 0) is 24.8 Å². The molecule has 3 aromatic heterocycles. The van der Waals surface area contributed by atoms with Crippen LogP contribution >= 0.6 is 0 Å². The average Bonchev–Trinajstić information content (AvgIpc) is 3.40. The van der Waals surface area contributed by atoms with Crippen molar-refractivity contribution in [2.75, 3.05) is 11.4 Å². The van der Waals surface area contributed by atoms with Gasteiger partial charge in [0, 0.05) is 67.4 Å². The number of nitrogens with zero attached hydrogens (tertiary/aromatic N) is 5. The lowest BCUT2D eigenvalue weighted by molar-refractivity contribution is -0.173. The summed E-state index contributed by atoms with van der Waals surface area (Å²) in [5.74, 6) is 0.112. The summed E-state index contributed by atoms with van der Waals surface area (Å²) in [6, 6.07) is 14.1. The molecule has 0 radical (unpaired) electrons. The molecule has 0 fully saturated rings. The van der Waals surface area contributed by atoms with E-state index in [4.69, 9.17) is 14.6 Å². The van der Waals surface area contributed by atoms with Gasteiger partial charge in [0.1, 0.15) is 12.1 Å². The zero-order valence-electron chi connectivity index (χ0n) is 21.7. The van der Waals surface area contributed by atoms with Crippen molar-refractivity contribution in [2.24, 2.45) is 7.05 Å². The first-order valence-corrected chi connectivity index (χ1v) is 12.6. The van der Waals surface area contributed by atoms with Crippen molar-refractivity contribution in [2.45, 2.75) is 32.9 Å². The van der Waals surface area contributed by atoms with Crippen molar-refractivity contribution in [3.63, 3.8) is 0 Å². The van der Waals surface area contributed by atoms with Crippen LogP contribution in [0, 0.1) is 0 Å². The lowest BCUT2D eigenvalue weighted by Gasteiger charge is -2.22. The molecule has 1 unspecified atom stereocenters. The quantitative estimate of drug-likeness (QED) is 0.326. The normalized spacial score (nSPS) is 16.2. The van der Waals surface area contributed by atoms with E-state index in [-0.39, 0.29) is 29.5 Å². The lowest BCUT2D eigenvalue weighted by Crippen LogP contribution is -2.38. The molecule has 1 atom stereocenters. The third kappa shape index (κ3) is 4.27. The largest absolute Gasteiger partial charge is 0.423 e. The summed E-state index contributed by atoms with van der Waals surface area (Å²) >= 11 is 0. The number of aromatic nitrogens is 4. The van der Waals surface area contributed by atoms with Gasteiger partial charge in [0.25, 0.3) is 5.56 Å². The number of likely N-dealkylation sites (N-methyl/N-ethyl adjacent to an activating group) is 1. The zero-order valence-corrected chi connectivity index (χ0v) is 21.7. The number of fused-ring (bicyclic) bond motifs is 4. The van der Waals surface area contributed by atoms with E-state index < -0.39 is 6.04 Å². The molecular formula is C29H26FN5O4. The topological polar surface area (TPSA) is 91.5 Å². The van der Waals surface area contributed by atoms with Crippen molar-refractivity contribution in [3.8, 4) is 11.5 Å². The first kappa shape index (κ1) is 24.6. The van der Waals surface area contributed by atoms with Crippen molar-refractivity contribution in [1.82, 2.24) is 19.3 Å². The van der Waals surface area contributed by atoms with Crippen LogP contribution in [0.2, 0.25) is 0 Å². The molecule has 0 spiro atoms. The van der Waals surface area contributed by atoms with E-state index in [0.29, 0.717) is 29.9 Å². The van der Waals surface area contributed by atoms with E-state index >= 15 is 0 Å². The van der Waals surface area contributed by atoms with Crippen LogP contribution in [0.25, 0.3) is 21.8 Å². The summed E-state index contributed by atoms with van der Waals surface area (Å²) in [4.78, 5) is 33.0. The predicted molar refractivity (Wildman–Crippen MR) is 145 cm³/mol. The smallest absolute Gasteiger partial charge is 0.404 e. The fourth-order valence-electron chi connectivity index (χ4n) is 5.18. The highest BCUT2D eigenvalue weighted by Crippen LogP contribution is 2.42. The summed E-state index contributed by atoms with van der Waals surface area (Å²) in [5, 5.41) is 6.40. The molecule has 198 valence electrons. The number of pyridine rings is 1. The maximum absolute atomic E-state index is 14.2. The molecule has 10 heteroatoms. The molecule has 39 heavy (non-hydrogen) atoms. The molecule has 9 nitrogen and oxygen atoms in total. The molecule has 5 aromatic rings. The zero-order chi connectivity index (χ0) is 27.3. The Morgan fingerprint density at radius 1 is 1.10 bits per heavy atom. The van der Waals surface area contributed by atoms with Gasteiger partial charge in [-0.2, -0.15) is 9.49 Å². The Bertz CT molecular complexity index is 1800. The van der Waals surface area contributed by atoms with Crippen LogP contribution in [-0.4, -0.2) is 37.8 Å². The summed E-state index contributed by atoms with van der Waals surface area (Å²) in [6.45, 7) is 3.02. The van der Waals surface area contributed by atoms with Gasteiger partial charge in [-0.1, -0.05) is 24.3 Å². The van der Waals surface area contributed by atoms with Gasteiger partial charge in [-0.25, -0.2) is 4.68 Å². The molecule has 0 aliphatic carbocycles. The molecular weight excluding hydrogens is 501 g/mol. The van der Waals surface area contributed by atoms with Gasteiger partial charge in [-0.3, -0.25) is 14.6 Å². The molecule has 0 saturated heterocycles. The minimum absolute atomic E-state index is 0.203. The minimum atomic E-state index is -2.27. The number of rotatable bonds is 6. The number of amides is 1. The van der Waals surface area contributed by atoms with Gasteiger partial charge in [-0.15, -0.1) is 0 Å². The Kier molecular flexibility index (Phi) is 5.82. The van der Waals surface area contributed by atoms with Crippen LogP contribution in [0.4, 0.5) is 10.1 Å². The Hall–Kier alpha value is -4.73. The second-order valence-electron chi connectivity index (χ2n) is 9.56. The summed E-state index contributed by atoms with van der Waals surface area (Å²) in [6.07, 6.45) is 3.90. The number of anilines is 1. The number of halogens is 1. The van der Waals surface area contributed by atoms with Crippen LogP contribution < -0.4 is 19.9 Å². The summed E-state index contributed by atoms with van der Waals surface area (Å²) in [5.41, 5.74) is 3.13. The van der Waals surface area contributed by atoms with Crippen molar-refractivity contribution >= 4 is 33.4 Å². The van der Waals surface area contributed by atoms with Gasteiger partial charge in [0.15, 0.2) is 11.5 Å². The predicted octanol–water partition coefficient (Wildman–Crippen LogP) is 4.34. The molecule has 0 N–H and O–H groups in total. The van der Waals surface area contributed by atoms with Gasteiger partial charge in [-0.05, 0) is 36.8 Å². The Morgan fingerprint density at radius 2 is 1.90 bits per heavy atom. The van der Waals surface area contributed by atoms with Gasteiger partial charge < -0.3 is 18.9 Å². The number of hydrogen-bond acceptors (Lipinski definition) is 6. The second kappa shape index (κ2) is 9.23. The number of hydrogen-bond donors (Lipinski definition) is 0. The van der Waals surface area contributed by atoms with Crippen LogP contribution in [0.3, 0.4) is 0 Å². The molecule has 0 bridgehead atoms. The van der Waals surface area contributed by atoms with Gasteiger partial charge >= 0.3 is 6.04 Å². The maximum Gasteiger partial charge on any atom is 0.404 e. The highest BCUT2D eigenvalue weighted by atomic mass is 19.2. The summed E-state index contributed by atoms with van der Waals surface area (Å²) in [7, 11) is 1.84. The molecule has 4 heterocycles. The Balaban J connectivity index is 1.42. The molecule has 1 aliphatic rings. The fourth-order valence-corrected chi connectivity index (χ4v) is 5.18. The standard InChI is InChI=1S/C29H26FN5O4/c1-4-34(19-11-12-23-24(15-19)39-29(2,30)38-23)25(36)17-35-28(37)27-26(20-9-5-6-10-22(20)33(27)3)21(32-35)14-18-8-7-13-31-16-18/h5-13,15-16H,4,14,17H2,1-3H3. The number of carbonyl (C=O) groups is 1. The van der Waals surface area contributed by atoms with Crippen molar-refractivity contribution in [1.29, 1.82) is 0 Å². The minimum Gasteiger partial charge on any atom is -0.423 e. The van der Waals surface area contributed by atoms with Crippen molar-refractivity contribution in [3.05, 3.63) is 88.6 Å². The monoisotopic (exact) mass is 527 g/mol. The molecule has 0 saturated carbocycles. The molecule has 1 amide bonds.